The van der Waals surface area contributed by atoms with Crippen molar-refractivity contribution in [2.24, 2.45) is 11.5 Å². The minimum absolute atomic E-state index is 0.593. The minimum atomic E-state index is 0.593. The molecular weight excluding hydrogens is 136 g/mol. The molecule has 1 aliphatic rings. The monoisotopic (exact) mass is 143 g/mol. The number of hydrogen-bond acceptors (Lipinski definition) is 2. The lowest BCUT2D eigenvalue weighted by Crippen LogP contribution is -2.14. The molecule has 0 atom stereocenters. The van der Waals surface area contributed by atoms with Gasteiger partial charge in [0.25, 0.3) is 0 Å². The van der Waals surface area contributed by atoms with E-state index in [-0.39, 0.29) is 0 Å². The Morgan fingerprint density at radius 2 is 2.00 bits per heavy atom. The highest BCUT2D eigenvalue weighted by molar-refractivity contribution is 6.31. The van der Waals surface area contributed by atoms with Crippen LogP contribution in [0.3, 0.4) is 0 Å². The Hall–Kier alpha value is -0.470. The molecule has 0 aromatic heterocycles. The van der Waals surface area contributed by atoms with Gasteiger partial charge in [0.1, 0.15) is 0 Å². The largest absolute Gasteiger partial charge is 0.401 e. The lowest BCUT2D eigenvalue weighted by Gasteiger charge is -2.11. The molecule has 9 heavy (non-hydrogen) atoms. The van der Waals surface area contributed by atoms with E-state index >= 15 is 0 Å². The Labute approximate surface area is 59.2 Å². The van der Waals surface area contributed by atoms with E-state index in [0.717, 1.165) is 6.04 Å². The fourth-order valence-electron chi connectivity index (χ4n) is 0.651. The highest BCUT2D eigenvalue weighted by atomic mass is 35.5. The summed E-state index contributed by atoms with van der Waals surface area (Å²) in [6.45, 7) is 0. The molecule has 0 amide bonds. The molecule has 49 valence electrons. The summed E-state index contributed by atoms with van der Waals surface area (Å²) in [5, 5.41) is 0.601. The van der Waals surface area contributed by atoms with E-state index in [1.54, 1.807) is 12.2 Å². The number of allylic oxidation sites excluding steroid dienone is 2. The summed E-state index contributed by atoms with van der Waals surface area (Å²) in [5.74, 6) is 0. The van der Waals surface area contributed by atoms with E-state index in [1.165, 1.54) is 0 Å². The van der Waals surface area contributed by atoms with Crippen LogP contribution in [-0.4, -0.2) is 0 Å². The first kappa shape index (κ1) is 6.65. The van der Waals surface area contributed by atoms with Gasteiger partial charge >= 0.3 is 0 Å². The molecule has 0 bridgehead atoms. The van der Waals surface area contributed by atoms with Gasteiger partial charge in [-0.15, -0.1) is 0 Å². The zero-order valence-corrected chi connectivity index (χ0v) is 5.65. The lowest BCUT2D eigenvalue weighted by atomic mass is 10.1. The number of halogens is 1. The number of nitrogens with two attached hydrogens (primary N) is 2. The van der Waals surface area contributed by atoms with Gasteiger partial charge in [-0.1, -0.05) is 17.7 Å². The van der Waals surface area contributed by atoms with Gasteiger partial charge in [0.05, 0.1) is 11.1 Å². The van der Waals surface area contributed by atoms with Crippen molar-refractivity contribution in [3.05, 3.63) is 28.9 Å². The van der Waals surface area contributed by atoms with Gasteiger partial charge < -0.3 is 11.5 Å². The first-order valence-electron chi connectivity index (χ1n) is 2.63. The van der Waals surface area contributed by atoms with E-state index in [2.05, 4.69) is 0 Å². The van der Waals surface area contributed by atoms with Crippen molar-refractivity contribution in [3.8, 4) is 0 Å². The molecule has 4 N–H and O–H groups in total. The van der Waals surface area contributed by atoms with Crippen LogP contribution in [0.15, 0.2) is 22.9 Å². The first-order valence-corrected chi connectivity index (χ1v) is 3.01. The average molecular weight is 144 g/mol. The van der Waals surface area contributed by atoms with E-state index in [4.69, 9.17) is 23.1 Å². The Bertz CT molecular complexity index is 172. The highest BCUT2D eigenvalue weighted by Gasteiger charge is 2.08. The van der Waals surface area contributed by atoms with E-state index in [1.807, 2.05) is 0 Å². The maximum Gasteiger partial charge on any atom is 0.0621 e. The Morgan fingerprint density at radius 1 is 1.33 bits per heavy atom. The summed E-state index contributed by atoms with van der Waals surface area (Å²) < 4.78 is 0. The highest BCUT2D eigenvalue weighted by Crippen LogP contribution is 2.19. The first-order chi connectivity index (χ1) is 4.20. The van der Waals surface area contributed by atoms with Crippen LogP contribution in [0.1, 0.15) is 6.42 Å². The van der Waals surface area contributed by atoms with Gasteiger partial charge in [-0.2, -0.15) is 0 Å². The van der Waals surface area contributed by atoms with Crippen molar-refractivity contribution in [3.63, 3.8) is 0 Å². The van der Waals surface area contributed by atoms with E-state index in [9.17, 15) is 0 Å². The maximum atomic E-state index is 5.63. The van der Waals surface area contributed by atoms with Gasteiger partial charge in [0.2, 0.25) is 0 Å². The van der Waals surface area contributed by atoms with Crippen LogP contribution in [0.25, 0.3) is 0 Å². The molecule has 0 fully saturated rings. The Balaban J connectivity index is 2.75. The molecule has 1 aliphatic carbocycles. The van der Waals surface area contributed by atoms with E-state index in [0.29, 0.717) is 17.2 Å². The van der Waals surface area contributed by atoms with Crippen LogP contribution < -0.4 is 11.5 Å². The summed E-state index contributed by atoms with van der Waals surface area (Å²) in [6, 6.07) is 0.761. The van der Waals surface area contributed by atoms with Crippen molar-refractivity contribution in [2.75, 3.05) is 0 Å². The molecule has 3 heteroatoms. The molecule has 0 heterocycles. The third-order valence-corrected chi connectivity index (χ3v) is 1.51. The second-order valence-electron chi connectivity index (χ2n) is 1.96. The predicted octanol–water partition coefficient (Wildman–Crippen LogP) is 0.846. The fraction of sp³-hybridized carbons (Fsp3) is 0.167. The predicted molar refractivity (Wildman–Crippen MR) is 38.3 cm³/mol. The molecule has 1 radical (unpaired) electrons. The van der Waals surface area contributed by atoms with Crippen LogP contribution in [0.5, 0.6) is 0 Å². The van der Waals surface area contributed by atoms with Crippen LogP contribution in [0.4, 0.5) is 0 Å². The summed E-state index contributed by atoms with van der Waals surface area (Å²) in [6.07, 6.45) is 4.06. The summed E-state index contributed by atoms with van der Waals surface area (Å²) in [5.41, 5.74) is 11.6. The van der Waals surface area contributed by atoms with Crippen molar-refractivity contribution in [1.29, 1.82) is 0 Å². The van der Waals surface area contributed by atoms with Crippen LogP contribution >= 0.6 is 11.6 Å². The summed E-state index contributed by atoms with van der Waals surface area (Å²) in [7, 11) is 0. The van der Waals surface area contributed by atoms with Gasteiger partial charge in [-0.3, -0.25) is 0 Å². The van der Waals surface area contributed by atoms with Crippen LogP contribution in [0.2, 0.25) is 0 Å². The van der Waals surface area contributed by atoms with Crippen LogP contribution in [-0.2, 0) is 0 Å². The van der Waals surface area contributed by atoms with Gasteiger partial charge in [-0.25, -0.2) is 0 Å². The molecule has 0 aromatic carbocycles. The molecule has 0 unspecified atom stereocenters. The second-order valence-corrected chi connectivity index (χ2v) is 2.37. The molecule has 0 saturated carbocycles. The lowest BCUT2D eigenvalue weighted by molar-refractivity contribution is 0.935. The topological polar surface area (TPSA) is 52.0 Å². The van der Waals surface area contributed by atoms with Gasteiger partial charge in [-0.05, 0) is 6.08 Å². The normalized spacial score (nSPS) is 21.1. The summed E-state index contributed by atoms with van der Waals surface area (Å²) >= 11 is 5.63. The smallest absolute Gasteiger partial charge is 0.0621 e. The number of rotatable bonds is 0. The third-order valence-electron chi connectivity index (χ3n) is 1.15. The second kappa shape index (κ2) is 2.42. The molecular formula is C6H8ClN2. The van der Waals surface area contributed by atoms with Crippen molar-refractivity contribution in [2.45, 2.75) is 6.42 Å². The van der Waals surface area contributed by atoms with Crippen molar-refractivity contribution >= 4 is 11.6 Å². The number of hydrogen-bond donors (Lipinski definition) is 2. The average Bonchev–Trinajstić information content (AvgIpc) is 1.80. The summed E-state index contributed by atoms with van der Waals surface area (Å²) in [4.78, 5) is 0. The van der Waals surface area contributed by atoms with Gasteiger partial charge in [0.15, 0.2) is 0 Å². The molecule has 1 rings (SSSR count). The molecule has 0 saturated heterocycles. The third kappa shape index (κ3) is 1.47. The van der Waals surface area contributed by atoms with Crippen molar-refractivity contribution < 1.29 is 0 Å². The molecule has 0 aromatic rings. The minimum Gasteiger partial charge on any atom is -0.401 e. The van der Waals surface area contributed by atoms with E-state index < -0.39 is 0 Å². The standard InChI is InChI=1S/C6H8ClN2/c7-5-2-1-4(8)3-6(5)9/h1-2H,3,8-9H2. The Kier molecular flexibility index (Phi) is 1.78. The molecule has 0 spiro atoms. The maximum absolute atomic E-state index is 5.63. The fourth-order valence-corrected chi connectivity index (χ4v) is 0.780. The molecule has 2 nitrogen and oxygen atoms in total. The van der Waals surface area contributed by atoms with Crippen molar-refractivity contribution in [1.82, 2.24) is 0 Å². The zero-order valence-electron chi connectivity index (χ0n) is 4.89. The zero-order chi connectivity index (χ0) is 6.85. The Morgan fingerprint density at radius 3 is 2.44 bits per heavy atom. The van der Waals surface area contributed by atoms with Gasteiger partial charge in [0, 0.05) is 12.1 Å². The SMILES string of the molecule is N[C]1C=CC(Cl)=C(N)C1. The molecule has 0 aliphatic heterocycles. The quantitative estimate of drug-likeness (QED) is 0.528. The van der Waals surface area contributed by atoms with Crippen LogP contribution in [0, 0.1) is 6.04 Å².